The zero-order chi connectivity index (χ0) is 27.6. The number of allylic oxidation sites excluding steroid dienone is 1. The summed E-state index contributed by atoms with van der Waals surface area (Å²) < 4.78 is 10.7. The maximum absolute atomic E-state index is 13.1. The van der Waals surface area contributed by atoms with Crippen molar-refractivity contribution in [3.8, 4) is 11.5 Å². The summed E-state index contributed by atoms with van der Waals surface area (Å²) in [5.41, 5.74) is 3.34. The van der Waals surface area contributed by atoms with Gasteiger partial charge in [-0.3, -0.25) is 14.4 Å². The molecule has 1 fully saturated rings. The molecule has 2 aromatic carbocycles. The van der Waals surface area contributed by atoms with E-state index in [1.54, 1.807) is 35.4 Å². The molecular weight excluding hydrogens is 514 g/mol. The SMILES string of the molecule is C=C1CCC(N2Cc3c(NC(=O)CNc4ccnc(NCc5ccc6c(c5)OCO6)n4)cccc3C2=O)C(=O)N1. The molecule has 0 radical (unpaired) electrons. The van der Waals surface area contributed by atoms with Crippen molar-refractivity contribution in [2.45, 2.75) is 32.0 Å². The molecule has 3 amide bonds. The van der Waals surface area contributed by atoms with Crippen molar-refractivity contribution in [1.82, 2.24) is 20.2 Å². The third-order valence-electron chi connectivity index (χ3n) is 6.94. The summed E-state index contributed by atoms with van der Waals surface area (Å²) in [5.74, 6) is 1.53. The van der Waals surface area contributed by atoms with E-state index in [2.05, 4.69) is 37.8 Å². The number of carbonyl (C=O) groups excluding carboxylic acids is 3. The van der Waals surface area contributed by atoms with E-state index in [1.807, 2.05) is 18.2 Å². The van der Waals surface area contributed by atoms with Crippen molar-refractivity contribution in [1.29, 1.82) is 0 Å². The van der Waals surface area contributed by atoms with Gasteiger partial charge in [-0.15, -0.1) is 0 Å². The number of amides is 3. The number of ether oxygens (including phenoxy) is 2. The third-order valence-corrected chi connectivity index (χ3v) is 6.94. The van der Waals surface area contributed by atoms with Crippen molar-refractivity contribution >= 4 is 35.2 Å². The fourth-order valence-electron chi connectivity index (χ4n) is 4.92. The molecule has 1 atom stereocenters. The van der Waals surface area contributed by atoms with Crippen molar-refractivity contribution in [2.75, 3.05) is 29.3 Å². The Kier molecular flexibility index (Phi) is 6.64. The van der Waals surface area contributed by atoms with Gasteiger partial charge in [-0.05, 0) is 48.7 Å². The first kappa shape index (κ1) is 25.2. The van der Waals surface area contributed by atoms with Gasteiger partial charge in [0.15, 0.2) is 11.5 Å². The Morgan fingerprint density at radius 1 is 1.12 bits per heavy atom. The molecular formula is C28H27N7O5. The molecule has 0 aliphatic carbocycles. The second-order valence-corrected chi connectivity index (χ2v) is 9.62. The Bertz CT molecular complexity index is 1520. The number of benzene rings is 2. The number of fused-ring (bicyclic) bond motifs is 2. The first-order valence-corrected chi connectivity index (χ1v) is 12.9. The maximum atomic E-state index is 13.1. The quantitative estimate of drug-likeness (QED) is 0.338. The predicted octanol–water partition coefficient (Wildman–Crippen LogP) is 2.62. The predicted molar refractivity (Wildman–Crippen MR) is 146 cm³/mol. The van der Waals surface area contributed by atoms with Gasteiger partial charge in [0.2, 0.25) is 24.6 Å². The molecule has 6 rings (SSSR count). The van der Waals surface area contributed by atoms with Crippen molar-refractivity contribution in [3.05, 3.63) is 77.6 Å². The van der Waals surface area contributed by atoms with Gasteiger partial charge < -0.3 is 35.6 Å². The summed E-state index contributed by atoms with van der Waals surface area (Å²) >= 11 is 0. The number of aromatic nitrogens is 2. The summed E-state index contributed by atoms with van der Waals surface area (Å²) in [7, 11) is 0. The van der Waals surface area contributed by atoms with Crippen LogP contribution in [0, 0.1) is 0 Å². The zero-order valence-corrected chi connectivity index (χ0v) is 21.5. The normalized spacial score (nSPS) is 17.4. The second kappa shape index (κ2) is 10.6. The van der Waals surface area contributed by atoms with Gasteiger partial charge >= 0.3 is 0 Å². The average Bonchev–Trinajstić information content (AvgIpc) is 3.56. The Morgan fingerprint density at radius 2 is 2.00 bits per heavy atom. The summed E-state index contributed by atoms with van der Waals surface area (Å²) in [6.45, 7) is 4.69. The van der Waals surface area contributed by atoms with E-state index in [1.165, 1.54) is 0 Å². The third kappa shape index (κ3) is 5.10. The van der Waals surface area contributed by atoms with Crippen molar-refractivity contribution in [2.24, 2.45) is 0 Å². The standard InChI is InChI=1S/C28H27N7O5/c1-16-5-7-21(26(37)32-16)35-14-19-18(27(35)38)3-2-4-20(19)33-25(36)13-30-24-9-10-29-28(34-24)31-12-17-6-8-22-23(11-17)40-15-39-22/h2-4,6,8-11,21H,1,5,7,12-15H2,(H,32,37)(H,33,36)(H2,29,30,31,34). The van der Waals surface area contributed by atoms with E-state index < -0.39 is 6.04 Å². The molecule has 12 nitrogen and oxygen atoms in total. The van der Waals surface area contributed by atoms with Crippen LogP contribution in [0.1, 0.15) is 34.3 Å². The van der Waals surface area contributed by atoms with E-state index in [4.69, 9.17) is 9.47 Å². The van der Waals surface area contributed by atoms with Crippen LogP contribution in [0.15, 0.2) is 60.9 Å². The molecule has 1 saturated heterocycles. The minimum atomic E-state index is -0.568. The molecule has 0 spiro atoms. The highest BCUT2D eigenvalue weighted by atomic mass is 16.7. The highest BCUT2D eigenvalue weighted by Crippen LogP contribution is 2.33. The van der Waals surface area contributed by atoms with Crippen LogP contribution in [0.25, 0.3) is 0 Å². The minimum absolute atomic E-state index is 0.0485. The summed E-state index contributed by atoms with van der Waals surface area (Å²) in [6.07, 6.45) is 2.73. The fraction of sp³-hybridized carbons (Fsp3) is 0.250. The Balaban J connectivity index is 1.05. The molecule has 4 N–H and O–H groups in total. The average molecular weight is 542 g/mol. The fourth-order valence-corrected chi connectivity index (χ4v) is 4.92. The van der Waals surface area contributed by atoms with Crippen LogP contribution >= 0.6 is 0 Å². The van der Waals surface area contributed by atoms with Gasteiger partial charge in [-0.25, -0.2) is 4.98 Å². The first-order chi connectivity index (χ1) is 19.4. The van der Waals surface area contributed by atoms with Gasteiger partial charge in [0.1, 0.15) is 11.9 Å². The molecule has 40 heavy (non-hydrogen) atoms. The highest BCUT2D eigenvalue weighted by Gasteiger charge is 2.39. The van der Waals surface area contributed by atoms with E-state index in [0.29, 0.717) is 59.4 Å². The molecule has 0 bridgehead atoms. The number of nitrogens with one attached hydrogen (secondary N) is 4. The summed E-state index contributed by atoms with van der Waals surface area (Å²) in [6, 6.07) is 12.0. The summed E-state index contributed by atoms with van der Waals surface area (Å²) in [4.78, 5) is 48.6. The Morgan fingerprint density at radius 3 is 2.88 bits per heavy atom. The van der Waals surface area contributed by atoms with Crippen molar-refractivity contribution < 1.29 is 23.9 Å². The molecule has 4 heterocycles. The highest BCUT2D eigenvalue weighted by molar-refractivity contribution is 6.04. The van der Waals surface area contributed by atoms with Crippen LogP contribution < -0.4 is 30.7 Å². The number of hydrogen-bond acceptors (Lipinski definition) is 9. The molecule has 1 unspecified atom stereocenters. The molecule has 0 saturated carbocycles. The van der Waals surface area contributed by atoms with Crippen LogP contribution in [0.4, 0.5) is 17.5 Å². The van der Waals surface area contributed by atoms with E-state index in [-0.39, 0.29) is 37.6 Å². The van der Waals surface area contributed by atoms with Crippen molar-refractivity contribution in [3.63, 3.8) is 0 Å². The molecule has 3 aromatic rings. The number of rotatable bonds is 8. The topological polar surface area (TPSA) is 147 Å². The zero-order valence-electron chi connectivity index (χ0n) is 21.5. The second-order valence-electron chi connectivity index (χ2n) is 9.62. The molecule has 204 valence electrons. The lowest BCUT2D eigenvalue weighted by Crippen LogP contribution is -2.49. The van der Waals surface area contributed by atoms with Gasteiger partial charge in [0.05, 0.1) is 6.54 Å². The monoisotopic (exact) mass is 541 g/mol. The minimum Gasteiger partial charge on any atom is -0.454 e. The van der Waals surface area contributed by atoms with Crippen LogP contribution in [-0.2, 0) is 22.7 Å². The lowest BCUT2D eigenvalue weighted by Gasteiger charge is -2.31. The van der Waals surface area contributed by atoms with Crippen LogP contribution in [0.5, 0.6) is 11.5 Å². The largest absolute Gasteiger partial charge is 0.454 e. The van der Waals surface area contributed by atoms with Gasteiger partial charge in [0, 0.05) is 41.8 Å². The van der Waals surface area contributed by atoms with Crippen LogP contribution in [0.2, 0.25) is 0 Å². The molecule has 12 heteroatoms. The van der Waals surface area contributed by atoms with E-state index in [0.717, 1.165) is 11.3 Å². The number of hydrogen-bond donors (Lipinski definition) is 4. The van der Waals surface area contributed by atoms with Gasteiger partial charge in [-0.1, -0.05) is 18.7 Å². The Labute approximate surface area is 229 Å². The Hall–Kier alpha value is -5.13. The number of nitrogens with zero attached hydrogens (tertiary/aromatic N) is 3. The maximum Gasteiger partial charge on any atom is 0.255 e. The van der Waals surface area contributed by atoms with Gasteiger partial charge in [0.25, 0.3) is 5.91 Å². The molecule has 3 aliphatic heterocycles. The van der Waals surface area contributed by atoms with Crippen LogP contribution in [0.3, 0.4) is 0 Å². The smallest absolute Gasteiger partial charge is 0.255 e. The number of anilines is 3. The first-order valence-electron chi connectivity index (χ1n) is 12.9. The van der Waals surface area contributed by atoms with Gasteiger partial charge in [-0.2, -0.15) is 4.98 Å². The lowest BCUT2D eigenvalue weighted by molar-refractivity contribution is -0.126. The van der Waals surface area contributed by atoms with E-state index in [9.17, 15) is 14.4 Å². The van der Waals surface area contributed by atoms with Crippen LogP contribution in [-0.4, -0.2) is 52.0 Å². The molecule has 1 aromatic heterocycles. The van der Waals surface area contributed by atoms with E-state index >= 15 is 0 Å². The number of piperidine rings is 1. The lowest BCUT2D eigenvalue weighted by atomic mass is 10.0. The molecule has 3 aliphatic rings. The number of carbonyl (C=O) groups is 3. The summed E-state index contributed by atoms with van der Waals surface area (Å²) in [5, 5.41) is 11.8.